The van der Waals surface area contributed by atoms with Crippen LogP contribution < -0.4 is 5.32 Å². The number of hydrogen-bond donors (Lipinski definition) is 1. The topological polar surface area (TPSA) is 42.2 Å². The van der Waals surface area contributed by atoms with Crippen molar-refractivity contribution >= 4 is 16.9 Å². The summed E-state index contributed by atoms with van der Waals surface area (Å²) in [4.78, 5) is 4.71. The van der Waals surface area contributed by atoms with Gasteiger partial charge in [-0.25, -0.2) is 0 Å². The molecular weight excluding hydrogens is 268 g/mol. The van der Waals surface area contributed by atoms with Crippen LogP contribution in [0, 0.1) is 12.8 Å². The highest BCUT2D eigenvalue weighted by Crippen LogP contribution is 2.38. The quantitative estimate of drug-likeness (QED) is 0.931. The number of amidine groups is 1. The number of thioether (sulfide) groups is 1. The molecular formula is C15H24N4S. The zero-order valence-electron chi connectivity index (χ0n) is 12.4. The number of aromatic nitrogens is 2. The summed E-state index contributed by atoms with van der Waals surface area (Å²) >= 11 is 1.90. The molecule has 0 aromatic carbocycles. The minimum Gasteiger partial charge on any atom is -0.359 e. The molecule has 2 fully saturated rings. The van der Waals surface area contributed by atoms with E-state index in [0.29, 0.717) is 5.54 Å². The van der Waals surface area contributed by atoms with E-state index in [0.717, 1.165) is 24.2 Å². The van der Waals surface area contributed by atoms with Crippen LogP contribution in [-0.2, 0) is 6.54 Å². The Bertz CT molecular complexity index is 496. The molecule has 110 valence electrons. The third-order valence-corrected chi connectivity index (χ3v) is 5.50. The molecule has 1 saturated carbocycles. The Hall–Kier alpha value is -0.970. The highest BCUT2D eigenvalue weighted by atomic mass is 32.2. The summed E-state index contributed by atoms with van der Waals surface area (Å²) in [6, 6.07) is 0. The van der Waals surface area contributed by atoms with Crippen LogP contribution in [-0.4, -0.2) is 32.8 Å². The van der Waals surface area contributed by atoms with Crippen molar-refractivity contribution in [1.29, 1.82) is 0 Å². The second-order valence-corrected chi connectivity index (χ2v) is 7.33. The Morgan fingerprint density at radius 3 is 3.25 bits per heavy atom. The summed E-state index contributed by atoms with van der Waals surface area (Å²) < 4.78 is 1.97. The van der Waals surface area contributed by atoms with Crippen LogP contribution in [0.1, 0.15) is 38.2 Å². The molecule has 0 bridgehead atoms. The predicted octanol–water partition coefficient (Wildman–Crippen LogP) is 2.83. The lowest BCUT2D eigenvalue weighted by molar-refractivity contribution is 0.242. The molecule has 4 nitrogen and oxygen atoms in total. The second kappa shape index (κ2) is 5.80. The fourth-order valence-corrected chi connectivity index (χ4v) is 4.56. The normalized spacial score (nSPS) is 31.9. The van der Waals surface area contributed by atoms with Gasteiger partial charge in [-0.3, -0.25) is 9.67 Å². The minimum atomic E-state index is 0.337. The zero-order chi connectivity index (χ0) is 14.0. The Morgan fingerprint density at radius 1 is 1.60 bits per heavy atom. The van der Waals surface area contributed by atoms with E-state index in [2.05, 4.69) is 30.5 Å². The summed E-state index contributed by atoms with van der Waals surface area (Å²) in [5, 5.41) is 9.15. The number of rotatable bonds is 3. The van der Waals surface area contributed by atoms with Crippen molar-refractivity contribution in [3.8, 4) is 0 Å². The molecule has 2 aliphatic rings. The van der Waals surface area contributed by atoms with Gasteiger partial charge in [-0.2, -0.15) is 5.10 Å². The molecule has 1 spiro atoms. The zero-order valence-corrected chi connectivity index (χ0v) is 13.2. The Labute approximate surface area is 125 Å². The van der Waals surface area contributed by atoms with Gasteiger partial charge in [-0.15, -0.1) is 0 Å². The summed E-state index contributed by atoms with van der Waals surface area (Å²) in [7, 11) is 0. The maximum Gasteiger partial charge on any atom is 0.157 e. The van der Waals surface area contributed by atoms with Crippen LogP contribution >= 0.6 is 11.8 Å². The van der Waals surface area contributed by atoms with E-state index in [1.165, 1.54) is 37.0 Å². The van der Waals surface area contributed by atoms with Crippen molar-refractivity contribution in [1.82, 2.24) is 15.1 Å². The van der Waals surface area contributed by atoms with Crippen LogP contribution in [0.25, 0.3) is 0 Å². The molecule has 1 aromatic heterocycles. The van der Waals surface area contributed by atoms with Gasteiger partial charge in [0.2, 0.25) is 0 Å². The van der Waals surface area contributed by atoms with E-state index in [4.69, 9.17) is 4.99 Å². The molecule has 3 rings (SSSR count). The monoisotopic (exact) mass is 292 g/mol. The van der Waals surface area contributed by atoms with Gasteiger partial charge in [0, 0.05) is 17.5 Å². The average molecular weight is 292 g/mol. The van der Waals surface area contributed by atoms with Gasteiger partial charge in [0.05, 0.1) is 19.3 Å². The molecule has 1 N–H and O–H groups in total. The van der Waals surface area contributed by atoms with E-state index in [-0.39, 0.29) is 0 Å². The molecule has 5 heteroatoms. The van der Waals surface area contributed by atoms with Gasteiger partial charge < -0.3 is 5.32 Å². The van der Waals surface area contributed by atoms with Gasteiger partial charge >= 0.3 is 0 Å². The van der Waals surface area contributed by atoms with Gasteiger partial charge in [0.25, 0.3) is 0 Å². The number of aryl methyl sites for hydroxylation is 1. The van der Waals surface area contributed by atoms with Crippen molar-refractivity contribution in [2.24, 2.45) is 10.9 Å². The van der Waals surface area contributed by atoms with Crippen molar-refractivity contribution in [3.05, 3.63) is 18.0 Å². The average Bonchev–Trinajstić information content (AvgIpc) is 2.97. The maximum absolute atomic E-state index is 4.71. The predicted molar refractivity (Wildman–Crippen MR) is 85.2 cm³/mol. The van der Waals surface area contributed by atoms with Crippen molar-refractivity contribution in [2.45, 2.75) is 51.6 Å². The van der Waals surface area contributed by atoms with Crippen molar-refractivity contribution in [2.75, 3.05) is 12.3 Å². The van der Waals surface area contributed by atoms with E-state index in [1.54, 1.807) is 0 Å². The first-order valence-corrected chi connectivity index (χ1v) is 8.58. The molecule has 0 amide bonds. The van der Waals surface area contributed by atoms with Gasteiger partial charge in [-0.1, -0.05) is 31.5 Å². The van der Waals surface area contributed by atoms with Crippen LogP contribution in [0.4, 0.5) is 0 Å². The fraction of sp³-hybridized carbons (Fsp3) is 0.733. The lowest BCUT2D eigenvalue weighted by Gasteiger charge is -2.36. The fourth-order valence-electron chi connectivity index (χ4n) is 3.34. The van der Waals surface area contributed by atoms with Crippen LogP contribution in [0.3, 0.4) is 0 Å². The number of nitrogens with zero attached hydrogens (tertiary/aromatic N) is 3. The standard InChI is InChI=1S/C15H24N4S/c1-12-4-3-5-15(8-12)11-20-14(18-15)16-6-7-19-10-13(2)9-17-19/h9-10,12H,3-8,11H2,1-2H3,(H,16,18). The first kappa shape index (κ1) is 14.0. The molecule has 1 aromatic rings. The summed E-state index contributed by atoms with van der Waals surface area (Å²) in [6.07, 6.45) is 9.32. The SMILES string of the molecule is Cc1cnn(CCN=C2NC3(CCCC(C)C3)CS2)c1. The largest absolute Gasteiger partial charge is 0.359 e. The smallest absolute Gasteiger partial charge is 0.157 e. The first-order chi connectivity index (χ1) is 9.65. The van der Waals surface area contributed by atoms with Gasteiger partial charge in [0.15, 0.2) is 5.17 Å². The third kappa shape index (κ3) is 3.19. The van der Waals surface area contributed by atoms with Crippen LogP contribution in [0.2, 0.25) is 0 Å². The maximum atomic E-state index is 4.71. The molecule has 1 aliphatic heterocycles. The van der Waals surface area contributed by atoms with Gasteiger partial charge in [0.1, 0.15) is 0 Å². The van der Waals surface area contributed by atoms with Gasteiger partial charge in [-0.05, 0) is 31.2 Å². The molecule has 2 unspecified atom stereocenters. The van der Waals surface area contributed by atoms with Crippen molar-refractivity contribution in [3.63, 3.8) is 0 Å². The molecule has 1 saturated heterocycles. The van der Waals surface area contributed by atoms with E-state index in [9.17, 15) is 0 Å². The van der Waals surface area contributed by atoms with E-state index in [1.807, 2.05) is 22.6 Å². The number of hydrogen-bond acceptors (Lipinski definition) is 3. The Balaban J connectivity index is 1.52. The lowest BCUT2D eigenvalue weighted by atomic mass is 9.78. The highest BCUT2D eigenvalue weighted by molar-refractivity contribution is 8.14. The molecule has 2 atom stereocenters. The number of nitrogens with one attached hydrogen (secondary N) is 1. The first-order valence-electron chi connectivity index (χ1n) is 7.60. The third-order valence-electron chi connectivity index (χ3n) is 4.30. The lowest BCUT2D eigenvalue weighted by Crippen LogP contribution is -2.47. The second-order valence-electron chi connectivity index (χ2n) is 6.36. The minimum absolute atomic E-state index is 0.337. The Morgan fingerprint density at radius 2 is 2.50 bits per heavy atom. The van der Waals surface area contributed by atoms with Crippen LogP contribution in [0.15, 0.2) is 17.4 Å². The van der Waals surface area contributed by atoms with E-state index >= 15 is 0 Å². The van der Waals surface area contributed by atoms with Crippen molar-refractivity contribution < 1.29 is 0 Å². The molecule has 1 aliphatic carbocycles. The molecule has 2 heterocycles. The highest BCUT2D eigenvalue weighted by Gasteiger charge is 2.40. The molecule has 20 heavy (non-hydrogen) atoms. The summed E-state index contributed by atoms with van der Waals surface area (Å²) in [6.45, 7) is 6.12. The summed E-state index contributed by atoms with van der Waals surface area (Å²) in [5.41, 5.74) is 1.55. The van der Waals surface area contributed by atoms with Crippen LogP contribution in [0.5, 0.6) is 0 Å². The number of aliphatic imine (C=N–C) groups is 1. The summed E-state index contributed by atoms with van der Waals surface area (Å²) in [5.74, 6) is 2.04. The Kier molecular flexibility index (Phi) is 4.06. The molecule has 0 radical (unpaired) electrons. The van der Waals surface area contributed by atoms with E-state index < -0.39 is 0 Å².